The lowest BCUT2D eigenvalue weighted by Crippen LogP contribution is -2.45. The standard InChI is InChI=1S/C17H22N4O/c1-22-16-8-6-14(7-9-16)12-18-15-4-3-11-21(13-15)17-5-2-10-19-20-17/h2,5-10,15,18H,3-4,11-13H2,1H3. The molecular formula is C17H22N4O. The van der Waals surface area contributed by atoms with Crippen LogP contribution in [-0.4, -0.2) is 36.4 Å². The monoisotopic (exact) mass is 298 g/mol. The molecule has 0 aliphatic carbocycles. The van der Waals surface area contributed by atoms with E-state index in [0.29, 0.717) is 6.04 Å². The van der Waals surface area contributed by atoms with Gasteiger partial charge in [-0.25, -0.2) is 0 Å². The Morgan fingerprint density at radius 3 is 2.86 bits per heavy atom. The molecule has 116 valence electrons. The van der Waals surface area contributed by atoms with Crippen molar-refractivity contribution >= 4 is 5.82 Å². The Kier molecular flexibility index (Phi) is 4.85. The first-order valence-corrected chi connectivity index (χ1v) is 7.74. The van der Waals surface area contributed by atoms with Crippen LogP contribution >= 0.6 is 0 Å². The van der Waals surface area contributed by atoms with E-state index in [4.69, 9.17) is 4.74 Å². The molecule has 5 nitrogen and oxygen atoms in total. The second kappa shape index (κ2) is 7.22. The highest BCUT2D eigenvalue weighted by molar-refractivity contribution is 5.37. The Balaban J connectivity index is 1.54. The van der Waals surface area contributed by atoms with E-state index in [1.807, 2.05) is 24.3 Å². The summed E-state index contributed by atoms with van der Waals surface area (Å²) in [6.07, 6.45) is 4.09. The molecular weight excluding hydrogens is 276 g/mol. The lowest BCUT2D eigenvalue weighted by Gasteiger charge is -2.33. The number of hydrogen-bond donors (Lipinski definition) is 1. The molecule has 1 saturated heterocycles. The van der Waals surface area contributed by atoms with Gasteiger partial charge in [-0.15, -0.1) is 5.10 Å². The molecule has 0 spiro atoms. The van der Waals surface area contributed by atoms with Gasteiger partial charge in [-0.05, 0) is 42.7 Å². The zero-order valence-electron chi connectivity index (χ0n) is 12.9. The number of aromatic nitrogens is 2. The molecule has 0 saturated carbocycles. The minimum Gasteiger partial charge on any atom is -0.497 e. The summed E-state index contributed by atoms with van der Waals surface area (Å²) >= 11 is 0. The topological polar surface area (TPSA) is 50.3 Å². The van der Waals surface area contributed by atoms with Crippen molar-refractivity contribution in [1.82, 2.24) is 15.5 Å². The second-order valence-electron chi connectivity index (χ2n) is 5.60. The molecule has 1 aromatic heterocycles. The van der Waals surface area contributed by atoms with Crippen LogP contribution in [0.1, 0.15) is 18.4 Å². The second-order valence-corrected chi connectivity index (χ2v) is 5.60. The lowest BCUT2D eigenvalue weighted by molar-refractivity contribution is 0.412. The fourth-order valence-electron chi connectivity index (χ4n) is 2.82. The molecule has 1 fully saturated rings. The van der Waals surface area contributed by atoms with Crippen LogP contribution in [0.3, 0.4) is 0 Å². The van der Waals surface area contributed by atoms with Crippen LogP contribution < -0.4 is 15.0 Å². The van der Waals surface area contributed by atoms with Crippen LogP contribution in [-0.2, 0) is 6.54 Å². The molecule has 5 heteroatoms. The molecule has 1 atom stereocenters. The zero-order chi connectivity index (χ0) is 15.2. The fraction of sp³-hybridized carbons (Fsp3) is 0.412. The summed E-state index contributed by atoms with van der Waals surface area (Å²) in [7, 11) is 1.69. The number of methoxy groups -OCH3 is 1. The van der Waals surface area contributed by atoms with Crippen molar-refractivity contribution in [2.45, 2.75) is 25.4 Å². The molecule has 1 aliphatic rings. The molecule has 0 amide bonds. The Morgan fingerprint density at radius 2 is 2.14 bits per heavy atom. The molecule has 2 aromatic rings. The summed E-state index contributed by atoms with van der Waals surface area (Å²) in [5.74, 6) is 1.87. The highest BCUT2D eigenvalue weighted by atomic mass is 16.5. The van der Waals surface area contributed by atoms with Crippen LogP contribution in [0.4, 0.5) is 5.82 Å². The molecule has 22 heavy (non-hydrogen) atoms. The summed E-state index contributed by atoms with van der Waals surface area (Å²) < 4.78 is 5.19. The SMILES string of the molecule is COc1ccc(CNC2CCCN(c3cccnn3)C2)cc1. The Bertz CT molecular complexity index is 573. The smallest absolute Gasteiger partial charge is 0.151 e. The molecule has 0 bridgehead atoms. The highest BCUT2D eigenvalue weighted by Crippen LogP contribution is 2.17. The third kappa shape index (κ3) is 3.74. The van der Waals surface area contributed by atoms with Gasteiger partial charge in [-0.2, -0.15) is 5.10 Å². The van der Waals surface area contributed by atoms with Crippen molar-refractivity contribution in [3.63, 3.8) is 0 Å². The summed E-state index contributed by atoms with van der Waals surface area (Å²) in [6.45, 7) is 2.91. The van der Waals surface area contributed by atoms with Crippen molar-refractivity contribution in [2.75, 3.05) is 25.1 Å². The van der Waals surface area contributed by atoms with Gasteiger partial charge in [0.15, 0.2) is 5.82 Å². The number of benzene rings is 1. The minimum atomic E-state index is 0.484. The van der Waals surface area contributed by atoms with E-state index in [1.54, 1.807) is 13.3 Å². The predicted molar refractivity (Wildman–Crippen MR) is 87.1 cm³/mol. The summed E-state index contributed by atoms with van der Waals surface area (Å²) in [5, 5.41) is 11.8. The molecule has 0 radical (unpaired) electrons. The maximum absolute atomic E-state index is 5.19. The number of nitrogens with one attached hydrogen (secondary N) is 1. The van der Waals surface area contributed by atoms with E-state index in [2.05, 4.69) is 32.5 Å². The van der Waals surface area contributed by atoms with Crippen molar-refractivity contribution in [3.05, 3.63) is 48.2 Å². The van der Waals surface area contributed by atoms with Gasteiger partial charge in [-0.1, -0.05) is 12.1 Å². The van der Waals surface area contributed by atoms with Gasteiger partial charge < -0.3 is 15.0 Å². The van der Waals surface area contributed by atoms with Gasteiger partial charge >= 0.3 is 0 Å². The average molecular weight is 298 g/mol. The molecule has 3 rings (SSSR count). The molecule has 1 N–H and O–H groups in total. The summed E-state index contributed by atoms with van der Waals surface area (Å²) in [6, 6.07) is 12.7. The summed E-state index contributed by atoms with van der Waals surface area (Å²) in [4.78, 5) is 2.31. The van der Waals surface area contributed by atoms with Gasteiger partial charge in [0, 0.05) is 31.9 Å². The quantitative estimate of drug-likeness (QED) is 0.917. The van der Waals surface area contributed by atoms with E-state index in [9.17, 15) is 0 Å². The lowest BCUT2D eigenvalue weighted by atomic mass is 10.1. The van der Waals surface area contributed by atoms with Gasteiger partial charge in [0.1, 0.15) is 5.75 Å². The molecule has 2 heterocycles. The molecule has 1 unspecified atom stereocenters. The Hall–Kier alpha value is -2.14. The van der Waals surface area contributed by atoms with E-state index < -0.39 is 0 Å². The number of rotatable bonds is 5. The van der Waals surface area contributed by atoms with Crippen molar-refractivity contribution in [3.8, 4) is 5.75 Å². The van der Waals surface area contributed by atoms with E-state index in [-0.39, 0.29) is 0 Å². The minimum absolute atomic E-state index is 0.484. The fourth-order valence-corrected chi connectivity index (χ4v) is 2.82. The van der Waals surface area contributed by atoms with Gasteiger partial charge in [0.25, 0.3) is 0 Å². The van der Waals surface area contributed by atoms with E-state index in [1.165, 1.54) is 18.4 Å². The van der Waals surface area contributed by atoms with Crippen LogP contribution in [0.15, 0.2) is 42.6 Å². The van der Waals surface area contributed by atoms with Crippen LogP contribution in [0, 0.1) is 0 Å². The Labute approximate surface area is 131 Å². The maximum atomic E-state index is 5.19. The number of hydrogen-bond acceptors (Lipinski definition) is 5. The zero-order valence-corrected chi connectivity index (χ0v) is 12.9. The van der Waals surface area contributed by atoms with Crippen LogP contribution in [0.2, 0.25) is 0 Å². The first kappa shape index (κ1) is 14.8. The number of ether oxygens (including phenoxy) is 1. The van der Waals surface area contributed by atoms with Crippen LogP contribution in [0.5, 0.6) is 5.75 Å². The third-order valence-corrected chi connectivity index (χ3v) is 4.06. The highest BCUT2D eigenvalue weighted by Gasteiger charge is 2.20. The summed E-state index contributed by atoms with van der Waals surface area (Å²) in [5.41, 5.74) is 1.28. The Morgan fingerprint density at radius 1 is 1.27 bits per heavy atom. The molecule has 1 aromatic carbocycles. The van der Waals surface area contributed by atoms with Crippen molar-refractivity contribution < 1.29 is 4.74 Å². The third-order valence-electron chi connectivity index (χ3n) is 4.06. The first-order chi connectivity index (χ1) is 10.8. The van der Waals surface area contributed by atoms with E-state index in [0.717, 1.165) is 31.2 Å². The number of anilines is 1. The largest absolute Gasteiger partial charge is 0.497 e. The number of piperidine rings is 1. The van der Waals surface area contributed by atoms with Crippen molar-refractivity contribution in [1.29, 1.82) is 0 Å². The van der Waals surface area contributed by atoms with E-state index >= 15 is 0 Å². The first-order valence-electron chi connectivity index (χ1n) is 7.74. The van der Waals surface area contributed by atoms with Crippen LogP contribution in [0.25, 0.3) is 0 Å². The van der Waals surface area contributed by atoms with Gasteiger partial charge in [0.2, 0.25) is 0 Å². The van der Waals surface area contributed by atoms with Gasteiger partial charge in [0.05, 0.1) is 7.11 Å². The van der Waals surface area contributed by atoms with Gasteiger partial charge in [-0.3, -0.25) is 0 Å². The predicted octanol–water partition coefficient (Wildman–Crippen LogP) is 2.24. The maximum Gasteiger partial charge on any atom is 0.151 e. The van der Waals surface area contributed by atoms with Crippen molar-refractivity contribution in [2.24, 2.45) is 0 Å². The molecule has 1 aliphatic heterocycles. The normalized spacial score (nSPS) is 18.2. The number of nitrogens with zero attached hydrogens (tertiary/aromatic N) is 3. The average Bonchev–Trinajstić information content (AvgIpc) is 2.61.